The number of rotatable bonds is 8. The van der Waals surface area contributed by atoms with E-state index in [1.165, 1.54) is 109 Å². The van der Waals surface area contributed by atoms with Crippen LogP contribution in [0.1, 0.15) is 43.6 Å². The summed E-state index contributed by atoms with van der Waals surface area (Å²) in [5.74, 6) is 0.594. The first-order chi connectivity index (χ1) is 29.8. The lowest BCUT2D eigenvalue weighted by Crippen LogP contribution is -2.11. The van der Waals surface area contributed by atoms with Crippen molar-refractivity contribution in [2.75, 3.05) is 4.90 Å². The van der Waals surface area contributed by atoms with Crippen LogP contribution in [0, 0.1) is 0 Å². The van der Waals surface area contributed by atoms with Crippen molar-refractivity contribution in [2.24, 2.45) is 0 Å². The fourth-order valence-electron chi connectivity index (χ4n) is 10.0. The van der Waals surface area contributed by atoms with Gasteiger partial charge in [-0.2, -0.15) is 0 Å². The summed E-state index contributed by atoms with van der Waals surface area (Å²) in [7, 11) is 0. The summed E-state index contributed by atoms with van der Waals surface area (Å²) in [5.41, 5.74) is 15.9. The Bertz CT molecular complexity index is 3090. The molecule has 0 radical (unpaired) electrons. The average molecular weight is 771 g/mol. The number of fused-ring (bicyclic) bond motifs is 4. The second-order valence-corrected chi connectivity index (χ2v) is 16.3. The summed E-state index contributed by atoms with van der Waals surface area (Å²) in [6.45, 7) is 0. The van der Waals surface area contributed by atoms with Gasteiger partial charge in [0.15, 0.2) is 0 Å². The molecule has 1 heterocycles. The molecule has 0 unspecified atom stereocenters. The highest BCUT2D eigenvalue weighted by Crippen LogP contribution is 2.47. The third kappa shape index (κ3) is 6.37. The predicted octanol–water partition coefficient (Wildman–Crippen LogP) is 16.5. The molecule has 60 heavy (non-hydrogen) atoms. The van der Waals surface area contributed by atoms with Crippen LogP contribution in [0.2, 0.25) is 0 Å². The van der Waals surface area contributed by atoms with Crippen LogP contribution < -0.4 is 4.90 Å². The zero-order valence-electron chi connectivity index (χ0n) is 33.7. The van der Waals surface area contributed by atoms with Crippen LogP contribution in [0.3, 0.4) is 0 Å². The van der Waals surface area contributed by atoms with E-state index in [0.29, 0.717) is 5.92 Å². The van der Waals surface area contributed by atoms with Crippen molar-refractivity contribution < 1.29 is 0 Å². The molecule has 9 aromatic carbocycles. The Balaban J connectivity index is 1.07. The van der Waals surface area contributed by atoms with Gasteiger partial charge >= 0.3 is 0 Å². The molecule has 288 valence electrons. The van der Waals surface area contributed by atoms with Crippen molar-refractivity contribution in [3.05, 3.63) is 218 Å². The maximum Gasteiger partial charge on any atom is 0.0547 e. The normalized spacial score (nSPS) is 13.3. The van der Waals surface area contributed by atoms with Gasteiger partial charge in [0.05, 0.1) is 16.7 Å². The van der Waals surface area contributed by atoms with E-state index < -0.39 is 0 Å². The number of aromatic nitrogens is 1. The summed E-state index contributed by atoms with van der Waals surface area (Å²) in [6.07, 6.45) is 6.50. The highest BCUT2D eigenvalue weighted by Gasteiger charge is 2.23. The van der Waals surface area contributed by atoms with Crippen molar-refractivity contribution in [2.45, 2.75) is 38.0 Å². The fourth-order valence-corrected chi connectivity index (χ4v) is 10.0. The number of nitrogens with zero attached hydrogens (tertiary/aromatic N) is 2. The minimum absolute atomic E-state index is 0.594. The number of hydrogen-bond acceptors (Lipinski definition) is 1. The molecule has 1 saturated carbocycles. The zero-order chi connectivity index (χ0) is 39.8. The monoisotopic (exact) mass is 770 g/mol. The molecule has 0 atom stereocenters. The molecule has 0 N–H and O–H groups in total. The molecule has 0 aliphatic heterocycles. The molecule has 2 heteroatoms. The molecule has 0 bridgehead atoms. The average Bonchev–Trinajstić information content (AvgIpc) is 3.67. The molecule has 11 rings (SSSR count). The van der Waals surface area contributed by atoms with E-state index in [2.05, 4.69) is 222 Å². The lowest BCUT2D eigenvalue weighted by Gasteiger charge is -2.29. The van der Waals surface area contributed by atoms with Crippen LogP contribution >= 0.6 is 0 Å². The van der Waals surface area contributed by atoms with E-state index >= 15 is 0 Å². The molecule has 1 aliphatic rings. The number of anilines is 3. The standard InChI is InChI=1S/C58H46N2/c1-4-17-41(18-5-1)42-33-37-47(38-34-42)59(54-30-12-10-25-51(54)52-29-15-22-45-21-14-27-49(57(45)52)43-19-6-2-7-20-43)48-39-35-44(36-40-48)50-28-16-32-56-58(50)53-26-11-13-31-55(53)60(56)46-23-8-3-9-24-46/h1,3-5,8-18,21-40,43H,2,6-7,19-20H2. The number of benzene rings is 9. The van der Waals surface area contributed by atoms with Gasteiger partial charge in [-0.3, -0.25) is 0 Å². The molecule has 2 nitrogen and oxygen atoms in total. The minimum Gasteiger partial charge on any atom is -0.310 e. The van der Waals surface area contributed by atoms with Crippen LogP contribution in [-0.4, -0.2) is 4.57 Å². The van der Waals surface area contributed by atoms with E-state index in [0.717, 1.165) is 17.1 Å². The first kappa shape index (κ1) is 36.0. The van der Waals surface area contributed by atoms with Gasteiger partial charge in [0.1, 0.15) is 0 Å². The summed E-state index contributed by atoms with van der Waals surface area (Å²) in [5, 5.41) is 5.24. The Labute approximate surface area is 352 Å². The smallest absolute Gasteiger partial charge is 0.0547 e. The Morgan fingerprint density at radius 3 is 1.72 bits per heavy atom. The third-order valence-corrected chi connectivity index (χ3v) is 12.8. The van der Waals surface area contributed by atoms with Crippen LogP contribution in [0.25, 0.3) is 71.6 Å². The summed E-state index contributed by atoms with van der Waals surface area (Å²) >= 11 is 0. The van der Waals surface area contributed by atoms with Gasteiger partial charge in [0.2, 0.25) is 0 Å². The minimum atomic E-state index is 0.594. The lowest BCUT2D eigenvalue weighted by atomic mass is 9.80. The van der Waals surface area contributed by atoms with Gasteiger partial charge in [-0.1, -0.05) is 177 Å². The van der Waals surface area contributed by atoms with Gasteiger partial charge in [-0.05, 0) is 118 Å². The quantitative estimate of drug-likeness (QED) is 0.149. The van der Waals surface area contributed by atoms with E-state index in [4.69, 9.17) is 0 Å². The molecule has 0 saturated heterocycles. The van der Waals surface area contributed by atoms with Gasteiger partial charge in [0.25, 0.3) is 0 Å². The summed E-state index contributed by atoms with van der Waals surface area (Å²) < 4.78 is 2.40. The van der Waals surface area contributed by atoms with E-state index in [1.54, 1.807) is 0 Å². The molecule has 0 amide bonds. The van der Waals surface area contributed by atoms with Crippen molar-refractivity contribution in [3.63, 3.8) is 0 Å². The maximum atomic E-state index is 2.46. The Morgan fingerprint density at radius 2 is 0.950 bits per heavy atom. The van der Waals surface area contributed by atoms with Crippen LogP contribution in [0.5, 0.6) is 0 Å². The van der Waals surface area contributed by atoms with E-state index in [-0.39, 0.29) is 0 Å². The topological polar surface area (TPSA) is 8.17 Å². The van der Waals surface area contributed by atoms with Gasteiger partial charge in [0, 0.05) is 33.4 Å². The molecule has 1 aliphatic carbocycles. The Hall–Kier alpha value is -7.16. The summed E-state index contributed by atoms with van der Waals surface area (Å²) in [6, 6.07) is 78.1. The number of para-hydroxylation sites is 3. The maximum absolute atomic E-state index is 2.46. The lowest BCUT2D eigenvalue weighted by molar-refractivity contribution is 0.445. The highest BCUT2D eigenvalue weighted by molar-refractivity contribution is 6.16. The van der Waals surface area contributed by atoms with Crippen molar-refractivity contribution in [1.29, 1.82) is 0 Å². The SMILES string of the molecule is c1ccc(-c2ccc(N(c3ccc(-c4cccc5c4c4ccccc4n5-c4ccccc4)cc3)c3ccccc3-c3cccc4cccc(C5CCCCC5)c34)cc2)cc1. The van der Waals surface area contributed by atoms with Crippen LogP contribution in [0.15, 0.2) is 212 Å². The molecule has 10 aromatic rings. The molecular formula is C58H46N2. The highest BCUT2D eigenvalue weighted by atomic mass is 15.1. The Morgan fingerprint density at radius 1 is 0.383 bits per heavy atom. The molecule has 0 spiro atoms. The first-order valence-electron chi connectivity index (χ1n) is 21.5. The van der Waals surface area contributed by atoms with Crippen LogP contribution in [0.4, 0.5) is 17.1 Å². The third-order valence-electron chi connectivity index (χ3n) is 12.8. The predicted molar refractivity (Wildman–Crippen MR) is 255 cm³/mol. The molecular weight excluding hydrogens is 725 g/mol. The van der Waals surface area contributed by atoms with Crippen molar-refractivity contribution in [1.82, 2.24) is 4.57 Å². The zero-order valence-corrected chi connectivity index (χ0v) is 33.7. The number of hydrogen-bond donors (Lipinski definition) is 0. The van der Waals surface area contributed by atoms with Crippen molar-refractivity contribution >= 4 is 49.6 Å². The first-order valence-corrected chi connectivity index (χ1v) is 21.5. The summed E-state index contributed by atoms with van der Waals surface area (Å²) in [4.78, 5) is 2.46. The largest absolute Gasteiger partial charge is 0.310 e. The second-order valence-electron chi connectivity index (χ2n) is 16.3. The molecule has 1 fully saturated rings. The van der Waals surface area contributed by atoms with Crippen LogP contribution in [-0.2, 0) is 0 Å². The van der Waals surface area contributed by atoms with Gasteiger partial charge in [-0.25, -0.2) is 0 Å². The molecule has 1 aromatic heterocycles. The van der Waals surface area contributed by atoms with Gasteiger partial charge in [-0.15, -0.1) is 0 Å². The van der Waals surface area contributed by atoms with Crippen molar-refractivity contribution in [3.8, 4) is 39.1 Å². The van der Waals surface area contributed by atoms with E-state index in [1.807, 2.05) is 0 Å². The fraction of sp³-hybridized carbons (Fsp3) is 0.103. The van der Waals surface area contributed by atoms with Gasteiger partial charge < -0.3 is 9.47 Å². The Kier molecular flexibility index (Phi) is 9.32. The second kappa shape index (κ2) is 15.5. The van der Waals surface area contributed by atoms with E-state index in [9.17, 15) is 0 Å².